The number of hydrogen-bond donors (Lipinski definition) is 0. The Bertz CT molecular complexity index is 1100. The van der Waals surface area contributed by atoms with Crippen LogP contribution in [0, 0.1) is 0 Å². The van der Waals surface area contributed by atoms with Crippen molar-refractivity contribution in [3.05, 3.63) is 12.2 Å². The van der Waals surface area contributed by atoms with E-state index < -0.39 is 6.10 Å². The Balaban J connectivity index is 4.26. The highest BCUT2D eigenvalue weighted by Crippen LogP contribution is 2.18. The molecular weight excluding hydrogens is 877 g/mol. The Kier molecular flexibility index (Phi) is 59.1. The summed E-state index contributed by atoms with van der Waals surface area (Å²) < 4.78 is 16.9. The second kappa shape index (κ2) is 60.7. The third kappa shape index (κ3) is 58.9. The fourth-order valence-electron chi connectivity index (χ4n) is 9.91. The maximum absolute atomic E-state index is 12.9. The van der Waals surface area contributed by atoms with Gasteiger partial charge in [0.1, 0.15) is 13.2 Å². The van der Waals surface area contributed by atoms with Gasteiger partial charge in [0.05, 0.1) is 0 Å². The average Bonchev–Trinajstić information content (AvgIpc) is 3.37. The normalized spacial score (nSPS) is 12.0. The number of carbonyl (C=O) groups is 3. The first-order valence-corrected chi connectivity index (χ1v) is 32.2. The van der Waals surface area contributed by atoms with E-state index in [-0.39, 0.29) is 31.1 Å². The van der Waals surface area contributed by atoms with E-state index in [9.17, 15) is 14.4 Å². The number of unbranched alkanes of at least 4 members (excludes halogenated alkanes) is 47. The minimum Gasteiger partial charge on any atom is -0.462 e. The summed E-state index contributed by atoms with van der Waals surface area (Å²) in [5, 5.41) is 0. The van der Waals surface area contributed by atoms with Gasteiger partial charge in [-0.15, -0.1) is 0 Å². The number of esters is 3. The van der Waals surface area contributed by atoms with Gasteiger partial charge in [0, 0.05) is 19.3 Å². The molecule has 0 saturated heterocycles. The van der Waals surface area contributed by atoms with Crippen molar-refractivity contribution >= 4 is 17.9 Å². The van der Waals surface area contributed by atoms with Crippen LogP contribution in [0.15, 0.2) is 12.2 Å². The SMILES string of the molecule is CCCCCCCC/C=C\CCCCCCCCCCCCCC(=O)O[C@@H](COC(=O)CCCCCCCCCCCCCCC)COC(=O)CCCCCCCCCCCCCCCCCCCCC. The van der Waals surface area contributed by atoms with Gasteiger partial charge in [-0.1, -0.05) is 315 Å². The second-order valence-corrected chi connectivity index (χ2v) is 22.0. The highest BCUT2D eigenvalue weighted by atomic mass is 16.6. The van der Waals surface area contributed by atoms with Crippen molar-refractivity contribution in [2.45, 2.75) is 374 Å². The summed E-state index contributed by atoms with van der Waals surface area (Å²) in [6.45, 7) is 6.71. The molecular formula is C65H124O6. The molecule has 0 amide bonds. The molecule has 0 aromatic carbocycles. The summed E-state index contributed by atoms with van der Waals surface area (Å²) in [6.07, 6.45) is 70.7. The van der Waals surface area contributed by atoms with Gasteiger partial charge in [-0.05, 0) is 44.9 Å². The van der Waals surface area contributed by atoms with E-state index in [1.165, 1.54) is 270 Å². The van der Waals surface area contributed by atoms with Crippen LogP contribution in [0.1, 0.15) is 367 Å². The van der Waals surface area contributed by atoms with Crippen molar-refractivity contribution in [1.82, 2.24) is 0 Å². The van der Waals surface area contributed by atoms with Crippen LogP contribution in [0.25, 0.3) is 0 Å². The molecule has 6 heteroatoms. The van der Waals surface area contributed by atoms with Gasteiger partial charge >= 0.3 is 17.9 Å². The second-order valence-electron chi connectivity index (χ2n) is 22.0. The fraction of sp³-hybridized carbons (Fsp3) is 0.923. The molecule has 0 bridgehead atoms. The van der Waals surface area contributed by atoms with E-state index >= 15 is 0 Å². The van der Waals surface area contributed by atoms with Crippen molar-refractivity contribution in [2.24, 2.45) is 0 Å². The first-order valence-electron chi connectivity index (χ1n) is 32.2. The van der Waals surface area contributed by atoms with Crippen LogP contribution in [0.4, 0.5) is 0 Å². The Morgan fingerprint density at radius 2 is 0.465 bits per heavy atom. The van der Waals surface area contributed by atoms with E-state index in [2.05, 4.69) is 32.9 Å². The fourth-order valence-corrected chi connectivity index (χ4v) is 9.91. The van der Waals surface area contributed by atoms with Crippen LogP contribution in [0.3, 0.4) is 0 Å². The number of allylic oxidation sites excluding steroid dienone is 2. The molecule has 0 N–H and O–H groups in total. The van der Waals surface area contributed by atoms with Gasteiger partial charge in [0.25, 0.3) is 0 Å². The molecule has 0 spiro atoms. The molecule has 0 aliphatic rings. The third-order valence-electron chi connectivity index (χ3n) is 14.8. The first kappa shape index (κ1) is 69.2. The van der Waals surface area contributed by atoms with Crippen LogP contribution < -0.4 is 0 Å². The van der Waals surface area contributed by atoms with E-state index in [1.807, 2.05) is 0 Å². The zero-order valence-corrected chi connectivity index (χ0v) is 48.3. The predicted molar refractivity (Wildman–Crippen MR) is 307 cm³/mol. The molecule has 1 atom stereocenters. The molecule has 0 aliphatic carbocycles. The monoisotopic (exact) mass is 1000 g/mol. The topological polar surface area (TPSA) is 78.9 Å². The van der Waals surface area contributed by atoms with Crippen LogP contribution in [0.2, 0.25) is 0 Å². The molecule has 6 nitrogen and oxygen atoms in total. The van der Waals surface area contributed by atoms with E-state index in [0.717, 1.165) is 57.8 Å². The van der Waals surface area contributed by atoms with E-state index in [0.29, 0.717) is 19.3 Å². The van der Waals surface area contributed by atoms with Crippen molar-refractivity contribution in [1.29, 1.82) is 0 Å². The molecule has 0 saturated carbocycles. The molecule has 0 fully saturated rings. The molecule has 0 heterocycles. The van der Waals surface area contributed by atoms with Crippen molar-refractivity contribution < 1.29 is 28.6 Å². The van der Waals surface area contributed by atoms with Gasteiger partial charge in [-0.3, -0.25) is 14.4 Å². The lowest BCUT2D eigenvalue weighted by molar-refractivity contribution is -0.167. The van der Waals surface area contributed by atoms with E-state index in [4.69, 9.17) is 14.2 Å². The van der Waals surface area contributed by atoms with Crippen LogP contribution in [0.5, 0.6) is 0 Å². The highest BCUT2D eigenvalue weighted by molar-refractivity contribution is 5.71. The molecule has 420 valence electrons. The van der Waals surface area contributed by atoms with Crippen molar-refractivity contribution in [2.75, 3.05) is 13.2 Å². The summed E-state index contributed by atoms with van der Waals surface area (Å²) >= 11 is 0. The predicted octanol–water partition coefficient (Wildman–Crippen LogP) is 21.7. The molecule has 0 radical (unpaired) electrons. The summed E-state index contributed by atoms with van der Waals surface area (Å²) in [4.78, 5) is 38.3. The summed E-state index contributed by atoms with van der Waals surface area (Å²) in [5.41, 5.74) is 0. The Morgan fingerprint density at radius 1 is 0.268 bits per heavy atom. The van der Waals surface area contributed by atoms with Crippen molar-refractivity contribution in [3.63, 3.8) is 0 Å². The Morgan fingerprint density at radius 3 is 0.704 bits per heavy atom. The number of ether oxygens (including phenoxy) is 3. The third-order valence-corrected chi connectivity index (χ3v) is 14.8. The smallest absolute Gasteiger partial charge is 0.306 e. The first-order chi connectivity index (χ1) is 35.0. The Labute approximate surface area is 443 Å². The number of rotatable bonds is 60. The largest absolute Gasteiger partial charge is 0.462 e. The standard InChI is InChI=1S/C65H124O6/c1-4-7-10-13-16-19-22-25-27-29-31-32-34-36-38-41-44-47-50-53-56-59-65(68)71-62(60-69-63(66)57-54-51-48-45-42-39-24-21-18-15-12-9-6-3)61-70-64(67)58-55-52-49-46-43-40-37-35-33-30-28-26-23-20-17-14-11-8-5-2/h25,27,62H,4-24,26,28-61H2,1-3H3/b27-25-/t62-/m0/s1. The molecule has 0 aliphatic heterocycles. The zero-order chi connectivity index (χ0) is 51.4. The lowest BCUT2D eigenvalue weighted by atomic mass is 10.0. The van der Waals surface area contributed by atoms with Gasteiger partial charge in [0.2, 0.25) is 0 Å². The minimum atomic E-state index is -0.765. The van der Waals surface area contributed by atoms with Gasteiger partial charge < -0.3 is 14.2 Å². The lowest BCUT2D eigenvalue weighted by Gasteiger charge is -2.18. The molecule has 71 heavy (non-hydrogen) atoms. The molecule has 0 aromatic rings. The molecule has 0 aromatic heterocycles. The maximum Gasteiger partial charge on any atom is 0.306 e. The molecule has 0 unspecified atom stereocenters. The lowest BCUT2D eigenvalue weighted by Crippen LogP contribution is -2.30. The van der Waals surface area contributed by atoms with Crippen LogP contribution in [-0.4, -0.2) is 37.2 Å². The maximum atomic E-state index is 12.9. The minimum absolute atomic E-state index is 0.0634. The van der Waals surface area contributed by atoms with Crippen LogP contribution in [-0.2, 0) is 28.6 Å². The highest BCUT2D eigenvalue weighted by Gasteiger charge is 2.19. The summed E-state index contributed by atoms with van der Waals surface area (Å²) in [5.74, 6) is -0.833. The van der Waals surface area contributed by atoms with Crippen molar-refractivity contribution in [3.8, 4) is 0 Å². The average molecular weight is 1000 g/mol. The quantitative estimate of drug-likeness (QED) is 0.0261. The Hall–Kier alpha value is -1.85. The van der Waals surface area contributed by atoms with E-state index in [1.54, 1.807) is 0 Å². The summed E-state index contributed by atoms with van der Waals surface area (Å²) in [7, 11) is 0. The molecule has 0 rings (SSSR count). The summed E-state index contributed by atoms with van der Waals surface area (Å²) in [6, 6.07) is 0. The number of hydrogen-bond acceptors (Lipinski definition) is 6. The van der Waals surface area contributed by atoms with Gasteiger partial charge in [-0.2, -0.15) is 0 Å². The number of carbonyl (C=O) groups excluding carboxylic acids is 3. The van der Waals surface area contributed by atoms with Crippen LogP contribution >= 0.6 is 0 Å². The van der Waals surface area contributed by atoms with Gasteiger partial charge in [-0.25, -0.2) is 0 Å². The zero-order valence-electron chi connectivity index (χ0n) is 48.3. The van der Waals surface area contributed by atoms with Gasteiger partial charge in [0.15, 0.2) is 6.10 Å².